The standard InChI is InChI=1S/C25H37N3O3/c1-7-31-25(29)23-22(17-30-16-21-11-9-8-10-12-21)15-20(6)27-24(23)26-13-14-28(18(2)3)19(4)5/h8-12,15,18-19H,7,13-14,16-17H2,1-6H3,(H,26,27). The van der Waals surface area contributed by atoms with Crippen molar-refractivity contribution in [1.29, 1.82) is 0 Å². The van der Waals surface area contributed by atoms with Crippen molar-refractivity contribution in [1.82, 2.24) is 9.88 Å². The zero-order valence-corrected chi connectivity index (χ0v) is 19.8. The maximum absolute atomic E-state index is 12.8. The number of anilines is 1. The van der Waals surface area contributed by atoms with Gasteiger partial charge in [0.1, 0.15) is 11.4 Å². The van der Waals surface area contributed by atoms with Crippen molar-refractivity contribution in [3.8, 4) is 0 Å². The highest BCUT2D eigenvalue weighted by Gasteiger charge is 2.21. The first-order valence-electron chi connectivity index (χ1n) is 11.1. The molecule has 170 valence electrons. The summed E-state index contributed by atoms with van der Waals surface area (Å²) in [5.41, 5.74) is 3.17. The summed E-state index contributed by atoms with van der Waals surface area (Å²) in [7, 11) is 0. The number of nitrogens with zero attached hydrogens (tertiary/aromatic N) is 2. The highest BCUT2D eigenvalue weighted by molar-refractivity contribution is 5.96. The zero-order chi connectivity index (χ0) is 22.8. The van der Waals surface area contributed by atoms with Gasteiger partial charge in [0.15, 0.2) is 0 Å². The highest BCUT2D eigenvalue weighted by atomic mass is 16.5. The molecule has 6 heteroatoms. The first-order chi connectivity index (χ1) is 14.8. The minimum atomic E-state index is -0.375. The number of esters is 1. The van der Waals surface area contributed by atoms with Gasteiger partial charge in [0, 0.05) is 30.9 Å². The molecule has 0 spiro atoms. The van der Waals surface area contributed by atoms with E-state index in [4.69, 9.17) is 9.47 Å². The molecule has 2 aromatic rings. The topological polar surface area (TPSA) is 63.7 Å². The van der Waals surface area contributed by atoms with Gasteiger partial charge in [-0.15, -0.1) is 0 Å². The molecule has 0 bridgehead atoms. The highest BCUT2D eigenvalue weighted by Crippen LogP contribution is 2.22. The average Bonchev–Trinajstić information content (AvgIpc) is 2.71. The van der Waals surface area contributed by atoms with Gasteiger partial charge < -0.3 is 14.8 Å². The van der Waals surface area contributed by atoms with E-state index >= 15 is 0 Å². The number of carbonyl (C=O) groups is 1. The first-order valence-corrected chi connectivity index (χ1v) is 11.1. The summed E-state index contributed by atoms with van der Waals surface area (Å²) in [6.45, 7) is 15.1. The molecular formula is C25H37N3O3. The second kappa shape index (κ2) is 12.4. The smallest absolute Gasteiger partial charge is 0.342 e. The number of pyridine rings is 1. The van der Waals surface area contributed by atoms with E-state index < -0.39 is 0 Å². The van der Waals surface area contributed by atoms with Crippen LogP contribution in [-0.2, 0) is 22.7 Å². The molecule has 0 unspecified atom stereocenters. The molecule has 0 atom stereocenters. The summed E-state index contributed by atoms with van der Waals surface area (Å²) in [4.78, 5) is 19.8. The van der Waals surface area contributed by atoms with Gasteiger partial charge in [-0.3, -0.25) is 4.90 Å². The second-order valence-corrected chi connectivity index (χ2v) is 8.20. The maximum atomic E-state index is 12.8. The van der Waals surface area contributed by atoms with E-state index in [1.807, 2.05) is 43.3 Å². The van der Waals surface area contributed by atoms with Crippen molar-refractivity contribution in [2.24, 2.45) is 0 Å². The molecule has 2 rings (SSSR count). The molecule has 1 N–H and O–H groups in total. The van der Waals surface area contributed by atoms with Gasteiger partial charge in [-0.25, -0.2) is 9.78 Å². The Bertz CT molecular complexity index is 814. The quantitative estimate of drug-likeness (QED) is 0.490. The predicted molar refractivity (Wildman–Crippen MR) is 125 cm³/mol. The van der Waals surface area contributed by atoms with Crippen LogP contribution in [0.15, 0.2) is 36.4 Å². The van der Waals surface area contributed by atoms with Crippen LogP contribution in [0.3, 0.4) is 0 Å². The molecule has 1 heterocycles. The molecule has 0 saturated heterocycles. The van der Waals surface area contributed by atoms with Crippen molar-refractivity contribution < 1.29 is 14.3 Å². The normalized spacial score (nSPS) is 11.4. The molecule has 0 amide bonds. The fourth-order valence-corrected chi connectivity index (χ4v) is 3.68. The van der Waals surface area contributed by atoms with Gasteiger partial charge in [-0.05, 0) is 58.7 Å². The lowest BCUT2D eigenvalue weighted by Crippen LogP contribution is -2.40. The van der Waals surface area contributed by atoms with Crippen molar-refractivity contribution in [3.05, 3.63) is 58.8 Å². The summed E-state index contributed by atoms with van der Waals surface area (Å²) >= 11 is 0. The molecule has 0 fully saturated rings. The van der Waals surface area contributed by atoms with Crippen molar-refractivity contribution in [3.63, 3.8) is 0 Å². The van der Waals surface area contributed by atoms with Gasteiger partial charge in [0.2, 0.25) is 0 Å². The van der Waals surface area contributed by atoms with Gasteiger partial charge >= 0.3 is 5.97 Å². The Labute approximate surface area is 187 Å². The number of hydrogen-bond acceptors (Lipinski definition) is 6. The Balaban J connectivity index is 2.18. The Morgan fingerprint density at radius 3 is 2.39 bits per heavy atom. The summed E-state index contributed by atoms with van der Waals surface area (Å²) in [6.07, 6.45) is 0. The maximum Gasteiger partial charge on any atom is 0.342 e. The third-order valence-corrected chi connectivity index (χ3v) is 5.07. The van der Waals surface area contributed by atoms with Gasteiger partial charge in [0.25, 0.3) is 0 Å². The Morgan fingerprint density at radius 1 is 1.10 bits per heavy atom. The van der Waals surface area contributed by atoms with Crippen LogP contribution in [0, 0.1) is 6.92 Å². The molecule has 6 nitrogen and oxygen atoms in total. The van der Waals surface area contributed by atoms with Crippen molar-refractivity contribution in [2.75, 3.05) is 25.0 Å². The van der Waals surface area contributed by atoms with Crippen molar-refractivity contribution >= 4 is 11.8 Å². The van der Waals surface area contributed by atoms with Crippen LogP contribution in [0.2, 0.25) is 0 Å². The minimum absolute atomic E-state index is 0.310. The number of aryl methyl sites for hydroxylation is 1. The Kier molecular flexibility index (Phi) is 9.95. The van der Waals surface area contributed by atoms with Gasteiger partial charge in [-0.1, -0.05) is 30.3 Å². The molecule has 0 radical (unpaired) electrons. The predicted octanol–water partition coefficient (Wildman–Crippen LogP) is 4.81. The summed E-state index contributed by atoms with van der Waals surface area (Å²) < 4.78 is 11.3. The Morgan fingerprint density at radius 2 is 1.77 bits per heavy atom. The van der Waals surface area contributed by atoms with Gasteiger partial charge in [-0.2, -0.15) is 0 Å². The second-order valence-electron chi connectivity index (χ2n) is 8.20. The third kappa shape index (κ3) is 7.64. The van der Waals surface area contributed by atoms with E-state index in [0.29, 0.717) is 49.8 Å². The number of nitrogens with one attached hydrogen (secondary N) is 1. The zero-order valence-electron chi connectivity index (χ0n) is 19.8. The molecule has 0 saturated carbocycles. The van der Waals surface area contributed by atoms with Crippen molar-refractivity contribution in [2.45, 2.75) is 66.8 Å². The van der Waals surface area contributed by atoms with E-state index in [1.54, 1.807) is 6.92 Å². The average molecular weight is 428 g/mol. The van der Waals surface area contributed by atoms with Crippen LogP contribution in [-0.4, -0.2) is 47.6 Å². The van der Waals surface area contributed by atoms with E-state index in [0.717, 1.165) is 23.4 Å². The Hall–Kier alpha value is -2.44. The first kappa shape index (κ1) is 24.8. The van der Waals surface area contributed by atoms with Crippen LogP contribution >= 0.6 is 0 Å². The molecular weight excluding hydrogens is 390 g/mol. The molecule has 31 heavy (non-hydrogen) atoms. The van der Waals surface area contributed by atoms with Crippen LogP contribution < -0.4 is 5.32 Å². The van der Waals surface area contributed by atoms with E-state index in [9.17, 15) is 4.79 Å². The SMILES string of the molecule is CCOC(=O)c1c(COCc2ccccc2)cc(C)nc1NCCN(C(C)C)C(C)C. The molecule has 0 aliphatic carbocycles. The number of aromatic nitrogens is 1. The fourth-order valence-electron chi connectivity index (χ4n) is 3.68. The minimum Gasteiger partial charge on any atom is -0.462 e. The number of benzene rings is 1. The monoisotopic (exact) mass is 427 g/mol. The van der Waals surface area contributed by atoms with E-state index in [1.165, 1.54) is 0 Å². The van der Waals surface area contributed by atoms with Gasteiger partial charge in [0.05, 0.1) is 19.8 Å². The van der Waals surface area contributed by atoms with Crippen LogP contribution in [0.1, 0.15) is 61.8 Å². The summed E-state index contributed by atoms with van der Waals surface area (Å²) in [5.74, 6) is 0.185. The largest absolute Gasteiger partial charge is 0.462 e. The molecule has 0 aliphatic heterocycles. The van der Waals surface area contributed by atoms with E-state index in [-0.39, 0.29) is 5.97 Å². The fraction of sp³-hybridized carbons (Fsp3) is 0.520. The molecule has 1 aromatic heterocycles. The summed E-state index contributed by atoms with van der Waals surface area (Å²) in [5, 5.41) is 3.37. The number of hydrogen-bond donors (Lipinski definition) is 1. The van der Waals surface area contributed by atoms with Crippen LogP contribution in [0.4, 0.5) is 5.82 Å². The molecule has 1 aromatic carbocycles. The third-order valence-electron chi connectivity index (χ3n) is 5.07. The number of ether oxygens (including phenoxy) is 2. The van der Waals surface area contributed by atoms with Crippen LogP contribution in [0.5, 0.6) is 0 Å². The lowest BCUT2D eigenvalue weighted by molar-refractivity contribution is 0.0517. The number of carbonyl (C=O) groups excluding carboxylic acids is 1. The van der Waals surface area contributed by atoms with Crippen LogP contribution in [0.25, 0.3) is 0 Å². The number of rotatable bonds is 12. The van der Waals surface area contributed by atoms with E-state index in [2.05, 4.69) is 42.9 Å². The molecule has 0 aliphatic rings. The lowest BCUT2D eigenvalue weighted by atomic mass is 10.1. The lowest BCUT2D eigenvalue weighted by Gasteiger charge is -2.30. The summed E-state index contributed by atoms with van der Waals surface area (Å²) in [6, 6.07) is 12.8.